The molecular weight excluding hydrogens is 290 g/mol. The van der Waals surface area contributed by atoms with Crippen LogP contribution < -0.4 is 0 Å². The molecule has 0 radical (unpaired) electrons. The zero-order valence-electron chi connectivity index (χ0n) is 14.3. The highest BCUT2D eigenvalue weighted by molar-refractivity contribution is 6.40. The highest BCUT2D eigenvalue weighted by Crippen LogP contribution is 2.65. The standard InChI is InChI=1S/C19H29NO3/c1-18-8-7-14-12(13(18)5-6-17(18)22)4-3-11-9-16(21)15(20-23)10-19(11,14)2/h11-14,17,22-23H,3-10H2,1-2H3/b20-15+/t11-,12?,13?,14?,17-,18?,19?/m0/s1. The molecular formula is C19H29NO3. The van der Waals surface area contributed by atoms with Gasteiger partial charge in [-0.25, -0.2) is 0 Å². The number of rotatable bonds is 0. The summed E-state index contributed by atoms with van der Waals surface area (Å²) in [6.07, 6.45) is 7.73. The fourth-order valence-corrected chi connectivity index (χ4v) is 7.01. The first-order valence-electron chi connectivity index (χ1n) is 9.32. The Hall–Kier alpha value is -0.900. The highest BCUT2D eigenvalue weighted by Gasteiger charge is 2.60. The third kappa shape index (κ3) is 2.00. The van der Waals surface area contributed by atoms with E-state index < -0.39 is 0 Å². The molecule has 0 aliphatic heterocycles. The maximum atomic E-state index is 12.1. The molecule has 0 heterocycles. The lowest BCUT2D eigenvalue weighted by Gasteiger charge is -2.59. The van der Waals surface area contributed by atoms with Crippen LogP contribution in [0.1, 0.15) is 65.2 Å². The first kappa shape index (κ1) is 15.6. The van der Waals surface area contributed by atoms with Crippen molar-refractivity contribution in [2.75, 3.05) is 0 Å². The summed E-state index contributed by atoms with van der Waals surface area (Å²) in [7, 11) is 0. The van der Waals surface area contributed by atoms with Crippen LogP contribution in [0.4, 0.5) is 0 Å². The van der Waals surface area contributed by atoms with E-state index in [1.807, 2.05) is 0 Å². The summed E-state index contributed by atoms with van der Waals surface area (Å²) >= 11 is 0. The Balaban J connectivity index is 1.66. The van der Waals surface area contributed by atoms with Gasteiger partial charge in [-0.15, -0.1) is 0 Å². The predicted octanol–water partition coefficient (Wildman–Crippen LogP) is 3.40. The number of nitrogens with zero attached hydrogens (tertiary/aromatic N) is 1. The van der Waals surface area contributed by atoms with Crippen LogP contribution in [0.25, 0.3) is 0 Å². The monoisotopic (exact) mass is 319 g/mol. The molecule has 0 spiro atoms. The van der Waals surface area contributed by atoms with E-state index in [0.29, 0.717) is 42.2 Å². The number of oxime groups is 1. The molecule has 0 saturated heterocycles. The molecule has 5 unspecified atom stereocenters. The smallest absolute Gasteiger partial charge is 0.180 e. The third-order valence-corrected chi connectivity index (χ3v) is 8.44. The molecule has 4 saturated carbocycles. The quantitative estimate of drug-likeness (QED) is 0.531. The van der Waals surface area contributed by atoms with Gasteiger partial charge < -0.3 is 10.3 Å². The van der Waals surface area contributed by atoms with E-state index in [9.17, 15) is 15.1 Å². The van der Waals surface area contributed by atoms with Crippen molar-refractivity contribution in [3.05, 3.63) is 0 Å². The average Bonchev–Trinajstić information content (AvgIpc) is 2.83. The molecule has 0 bridgehead atoms. The Morgan fingerprint density at radius 3 is 2.52 bits per heavy atom. The average molecular weight is 319 g/mol. The van der Waals surface area contributed by atoms with Crippen molar-refractivity contribution < 1.29 is 15.1 Å². The van der Waals surface area contributed by atoms with E-state index in [1.165, 1.54) is 6.42 Å². The van der Waals surface area contributed by atoms with E-state index in [0.717, 1.165) is 32.1 Å². The lowest BCUT2D eigenvalue weighted by atomic mass is 9.45. The number of hydrogen-bond donors (Lipinski definition) is 2. The highest BCUT2D eigenvalue weighted by atomic mass is 16.4. The van der Waals surface area contributed by atoms with Gasteiger partial charge in [-0.3, -0.25) is 4.79 Å². The molecule has 0 aromatic rings. The maximum absolute atomic E-state index is 12.1. The maximum Gasteiger partial charge on any atom is 0.180 e. The van der Waals surface area contributed by atoms with Gasteiger partial charge in [0, 0.05) is 12.8 Å². The van der Waals surface area contributed by atoms with Gasteiger partial charge in [-0.05, 0) is 73.0 Å². The first-order valence-corrected chi connectivity index (χ1v) is 9.32. The number of ketones is 1. The van der Waals surface area contributed by atoms with Crippen molar-refractivity contribution in [3.8, 4) is 0 Å². The summed E-state index contributed by atoms with van der Waals surface area (Å²) < 4.78 is 0. The second-order valence-electron chi connectivity index (χ2n) is 9.15. The van der Waals surface area contributed by atoms with Crippen molar-refractivity contribution in [3.63, 3.8) is 0 Å². The zero-order chi connectivity index (χ0) is 16.4. The van der Waals surface area contributed by atoms with Crippen LogP contribution in [-0.2, 0) is 4.79 Å². The largest absolute Gasteiger partial charge is 0.411 e. The number of aliphatic hydroxyl groups is 1. The predicted molar refractivity (Wildman–Crippen MR) is 87.3 cm³/mol. The van der Waals surface area contributed by atoms with Gasteiger partial charge in [-0.2, -0.15) is 0 Å². The van der Waals surface area contributed by atoms with E-state index in [2.05, 4.69) is 19.0 Å². The first-order chi connectivity index (χ1) is 10.9. The minimum atomic E-state index is -0.138. The number of carbonyl (C=O) groups excluding carboxylic acids is 1. The molecule has 4 aliphatic rings. The summed E-state index contributed by atoms with van der Waals surface area (Å²) in [5.41, 5.74) is 0.583. The van der Waals surface area contributed by atoms with Gasteiger partial charge in [0.25, 0.3) is 0 Å². The molecule has 128 valence electrons. The molecule has 2 N–H and O–H groups in total. The van der Waals surface area contributed by atoms with E-state index in [1.54, 1.807) is 0 Å². The van der Waals surface area contributed by atoms with Crippen LogP contribution in [0.15, 0.2) is 5.16 Å². The summed E-state index contributed by atoms with van der Waals surface area (Å²) in [6.45, 7) is 4.63. The second kappa shape index (κ2) is 5.05. The fraction of sp³-hybridized carbons (Fsp3) is 0.895. The molecule has 4 nitrogen and oxygen atoms in total. The van der Waals surface area contributed by atoms with Crippen LogP contribution in [0.3, 0.4) is 0 Å². The number of Topliss-reactive ketones (excluding diaryl/α,β-unsaturated/α-hetero) is 1. The van der Waals surface area contributed by atoms with Crippen molar-refractivity contribution in [1.82, 2.24) is 0 Å². The van der Waals surface area contributed by atoms with Crippen LogP contribution in [0.5, 0.6) is 0 Å². The number of fused-ring (bicyclic) bond motifs is 5. The second-order valence-corrected chi connectivity index (χ2v) is 9.15. The zero-order valence-corrected chi connectivity index (χ0v) is 14.3. The van der Waals surface area contributed by atoms with Gasteiger partial charge in [-0.1, -0.05) is 19.0 Å². The normalized spacial score (nSPS) is 54.5. The molecule has 4 rings (SSSR count). The number of hydrogen-bond acceptors (Lipinski definition) is 4. The Labute approximate surface area is 138 Å². The molecule has 23 heavy (non-hydrogen) atoms. The van der Waals surface area contributed by atoms with Crippen LogP contribution >= 0.6 is 0 Å². The van der Waals surface area contributed by atoms with Crippen molar-refractivity contribution in [1.29, 1.82) is 0 Å². The molecule has 0 amide bonds. The van der Waals surface area contributed by atoms with Gasteiger partial charge >= 0.3 is 0 Å². The van der Waals surface area contributed by atoms with Crippen LogP contribution in [-0.4, -0.2) is 27.9 Å². The van der Waals surface area contributed by atoms with Gasteiger partial charge in [0.15, 0.2) is 5.78 Å². The minimum absolute atomic E-state index is 0.0466. The van der Waals surface area contributed by atoms with Gasteiger partial charge in [0.05, 0.1) is 6.10 Å². The molecule has 4 aliphatic carbocycles. The van der Waals surface area contributed by atoms with E-state index in [-0.39, 0.29) is 22.7 Å². The molecule has 4 heteroatoms. The number of aliphatic hydroxyl groups excluding tert-OH is 1. The van der Waals surface area contributed by atoms with Crippen LogP contribution in [0.2, 0.25) is 0 Å². The summed E-state index contributed by atoms with van der Waals surface area (Å²) in [4.78, 5) is 12.1. The molecule has 7 atom stereocenters. The van der Waals surface area contributed by atoms with Gasteiger partial charge in [0.1, 0.15) is 5.71 Å². The molecule has 4 fully saturated rings. The number of carbonyl (C=O) groups is 1. The summed E-state index contributed by atoms with van der Waals surface area (Å²) in [5, 5.41) is 23.0. The van der Waals surface area contributed by atoms with Crippen LogP contribution in [0, 0.1) is 34.5 Å². The Morgan fingerprint density at radius 1 is 1.04 bits per heavy atom. The summed E-state index contributed by atoms with van der Waals surface area (Å²) in [5.74, 6) is 2.39. The van der Waals surface area contributed by atoms with Gasteiger partial charge in [0.2, 0.25) is 0 Å². The minimum Gasteiger partial charge on any atom is -0.411 e. The lowest BCUT2D eigenvalue weighted by Crippen LogP contribution is -2.55. The third-order valence-electron chi connectivity index (χ3n) is 8.44. The molecule has 0 aromatic carbocycles. The van der Waals surface area contributed by atoms with Crippen molar-refractivity contribution in [2.24, 2.45) is 39.7 Å². The van der Waals surface area contributed by atoms with E-state index >= 15 is 0 Å². The lowest BCUT2D eigenvalue weighted by molar-refractivity contribution is -0.129. The Bertz CT molecular complexity index is 559. The topological polar surface area (TPSA) is 69.9 Å². The Morgan fingerprint density at radius 2 is 1.78 bits per heavy atom. The SMILES string of the molecule is CC12C/C(=N\O)C(=O)C[C@@H]1CCC1C2CCC2(C)C1CC[C@@H]2O. The molecule has 0 aromatic heterocycles. The summed E-state index contributed by atoms with van der Waals surface area (Å²) in [6, 6.07) is 0. The Kier molecular flexibility index (Phi) is 3.43. The van der Waals surface area contributed by atoms with Crippen molar-refractivity contribution in [2.45, 2.75) is 71.3 Å². The van der Waals surface area contributed by atoms with Crippen molar-refractivity contribution >= 4 is 11.5 Å². The van der Waals surface area contributed by atoms with E-state index in [4.69, 9.17) is 0 Å². The fourth-order valence-electron chi connectivity index (χ4n) is 7.01.